The van der Waals surface area contributed by atoms with Gasteiger partial charge in [-0.3, -0.25) is 9.48 Å². The Morgan fingerprint density at radius 3 is 2.59 bits per heavy atom. The fourth-order valence-corrected chi connectivity index (χ4v) is 3.65. The summed E-state index contributed by atoms with van der Waals surface area (Å²) in [6.07, 6.45) is -0.111. The maximum Gasteiger partial charge on any atom is 0.391 e. The third-order valence-electron chi connectivity index (χ3n) is 5.55. The lowest BCUT2D eigenvalue weighted by Crippen LogP contribution is -2.32. The molecule has 3 heterocycles. The second kappa shape index (κ2) is 9.16. The van der Waals surface area contributed by atoms with Gasteiger partial charge in [-0.15, -0.1) is 5.10 Å². The van der Waals surface area contributed by atoms with E-state index in [2.05, 4.69) is 20.5 Å². The molecule has 11 heteroatoms. The van der Waals surface area contributed by atoms with Crippen LogP contribution in [0.25, 0.3) is 16.8 Å². The first-order valence-electron chi connectivity index (χ1n) is 10.8. The minimum Gasteiger partial charge on any atom is -0.366 e. The number of aromatic nitrogens is 5. The van der Waals surface area contributed by atoms with Gasteiger partial charge in [-0.25, -0.2) is 4.52 Å². The smallest absolute Gasteiger partial charge is 0.366 e. The molecule has 3 aromatic heterocycles. The Bertz CT molecular complexity index is 1300. The Morgan fingerprint density at radius 1 is 1.18 bits per heavy atom. The predicted octanol–water partition coefficient (Wildman–Crippen LogP) is 4.25. The Morgan fingerprint density at radius 2 is 1.91 bits per heavy atom. The molecule has 1 amide bonds. The van der Waals surface area contributed by atoms with Gasteiger partial charge in [-0.05, 0) is 25.0 Å². The van der Waals surface area contributed by atoms with E-state index in [9.17, 15) is 18.0 Å². The highest BCUT2D eigenvalue weighted by molar-refractivity contribution is 6.01. The number of nitrogens with zero attached hydrogens (tertiary/aromatic N) is 5. The quantitative estimate of drug-likeness (QED) is 0.420. The maximum absolute atomic E-state index is 13.3. The number of nitrogens with two attached hydrogens (primary N) is 1. The van der Waals surface area contributed by atoms with Gasteiger partial charge >= 0.3 is 6.18 Å². The summed E-state index contributed by atoms with van der Waals surface area (Å²) < 4.78 is 42.7. The first-order valence-corrected chi connectivity index (χ1v) is 10.8. The Balaban J connectivity index is 1.75. The van der Waals surface area contributed by atoms with E-state index >= 15 is 0 Å². The lowest BCUT2D eigenvalue weighted by molar-refractivity contribution is -0.140. The molecule has 8 nitrogen and oxygen atoms in total. The van der Waals surface area contributed by atoms with Crippen LogP contribution in [0, 0.1) is 0 Å². The van der Waals surface area contributed by atoms with Gasteiger partial charge in [-0.2, -0.15) is 23.3 Å². The fraction of sp³-hybridized carbons (Fsp3) is 0.304. The minimum atomic E-state index is -4.38. The molecular weight excluding hydrogens is 447 g/mol. The molecule has 0 aliphatic carbocycles. The molecule has 0 aliphatic heterocycles. The average molecular weight is 471 g/mol. The highest BCUT2D eigenvalue weighted by atomic mass is 19.4. The van der Waals surface area contributed by atoms with Gasteiger partial charge in [0, 0.05) is 29.6 Å². The van der Waals surface area contributed by atoms with Crippen LogP contribution in [0.1, 0.15) is 48.7 Å². The number of nitrogen functional groups attached to an aromatic ring is 1. The number of hydrogen-bond donors (Lipinski definition) is 2. The number of anilines is 1. The summed E-state index contributed by atoms with van der Waals surface area (Å²) >= 11 is 0. The van der Waals surface area contributed by atoms with E-state index in [-0.39, 0.29) is 29.1 Å². The van der Waals surface area contributed by atoms with Gasteiger partial charge in [0.05, 0.1) is 24.2 Å². The van der Waals surface area contributed by atoms with Gasteiger partial charge in [0.25, 0.3) is 5.91 Å². The van der Waals surface area contributed by atoms with E-state index in [4.69, 9.17) is 5.73 Å². The Kier molecular flexibility index (Phi) is 6.27. The Hall–Kier alpha value is -3.89. The summed E-state index contributed by atoms with van der Waals surface area (Å²) in [7, 11) is 0. The topological polar surface area (TPSA) is 103 Å². The van der Waals surface area contributed by atoms with Crippen LogP contribution in [0.4, 0.5) is 19.1 Å². The molecule has 0 aliphatic rings. The van der Waals surface area contributed by atoms with Crippen LogP contribution < -0.4 is 11.1 Å². The maximum atomic E-state index is 13.3. The van der Waals surface area contributed by atoms with Gasteiger partial charge in [0.1, 0.15) is 0 Å². The number of halogens is 3. The minimum absolute atomic E-state index is 0.000228. The molecule has 4 aromatic rings. The average Bonchev–Trinajstić information content (AvgIpc) is 3.42. The van der Waals surface area contributed by atoms with E-state index in [0.717, 1.165) is 6.42 Å². The van der Waals surface area contributed by atoms with Crippen molar-refractivity contribution in [3.63, 3.8) is 0 Å². The summed E-state index contributed by atoms with van der Waals surface area (Å²) in [5.41, 5.74) is 7.84. The van der Waals surface area contributed by atoms with E-state index in [1.54, 1.807) is 42.6 Å². The van der Waals surface area contributed by atoms with Crippen LogP contribution in [0.2, 0.25) is 0 Å². The summed E-state index contributed by atoms with van der Waals surface area (Å²) in [6.45, 7) is 3.83. The van der Waals surface area contributed by atoms with Crippen molar-refractivity contribution in [2.45, 2.75) is 44.9 Å². The molecule has 0 fully saturated rings. The van der Waals surface area contributed by atoms with Crippen molar-refractivity contribution in [3.05, 3.63) is 66.1 Å². The zero-order chi connectivity index (χ0) is 24.5. The third kappa shape index (κ3) is 5.03. The fourth-order valence-electron chi connectivity index (χ4n) is 3.65. The highest BCUT2D eigenvalue weighted by Gasteiger charge is 2.34. The van der Waals surface area contributed by atoms with Crippen molar-refractivity contribution in [2.24, 2.45) is 0 Å². The first kappa shape index (κ1) is 23.3. The molecule has 2 atom stereocenters. The lowest BCUT2D eigenvalue weighted by atomic mass is 10.0. The van der Waals surface area contributed by atoms with Crippen LogP contribution in [0.5, 0.6) is 0 Å². The number of fused-ring (bicyclic) bond motifs is 1. The van der Waals surface area contributed by atoms with Crippen LogP contribution in [-0.2, 0) is 0 Å². The second-order valence-electron chi connectivity index (χ2n) is 8.12. The number of nitrogens with one attached hydrogen (secondary N) is 1. The molecule has 3 N–H and O–H groups in total. The van der Waals surface area contributed by atoms with Crippen LogP contribution >= 0.6 is 0 Å². The predicted molar refractivity (Wildman–Crippen MR) is 121 cm³/mol. The monoisotopic (exact) mass is 471 g/mol. The van der Waals surface area contributed by atoms with Crippen LogP contribution in [0.3, 0.4) is 0 Å². The van der Waals surface area contributed by atoms with Crippen molar-refractivity contribution in [1.29, 1.82) is 0 Å². The summed E-state index contributed by atoms with van der Waals surface area (Å²) in [4.78, 5) is 17.0. The third-order valence-corrected chi connectivity index (χ3v) is 5.55. The molecule has 178 valence electrons. The number of carbonyl (C=O) groups excluding carboxylic acids is 1. The second-order valence-corrected chi connectivity index (χ2v) is 8.12. The van der Waals surface area contributed by atoms with Crippen molar-refractivity contribution >= 4 is 17.5 Å². The molecular formula is C23H24F3N7O. The van der Waals surface area contributed by atoms with Crippen molar-refractivity contribution in [3.8, 4) is 11.1 Å². The molecule has 4 rings (SSSR count). The molecule has 0 saturated heterocycles. The summed E-state index contributed by atoms with van der Waals surface area (Å²) in [5, 5.41) is 11.2. The molecule has 1 aromatic carbocycles. The van der Waals surface area contributed by atoms with E-state index in [1.807, 2.05) is 13.8 Å². The molecule has 34 heavy (non-hydrogen) atoms. The standard InChI is InChI=1S/C23H24F3N7O/c1-3-14(2)29-21(34)18-9-16(12-33-20(18)30-22(27)31-33)17-11-28-32(13-17)19(10-23(24,25)26)15-7-5-4-6-8-15/h4-9,11-14,19H,3,10H2,1-2H3,(H2,27,31)(H,29,34). The normalized spacial score (nSPS) is 13.7. The SMILES string of the molecule is CCC(C)NC(=O)c1cc(-c2cnn(C(CC(F)(F)F)c3ccccc3)c2)cn2nc(N)nc12. The van der Waals surface area contributed by atoms with Gasteiger partial charge in [0.2, 0.25) is 5.95 Å². The van der Waals surface area contributed by atoms with Gasteiger partial charge in [-0.1, -0.05) is 37.3 Å². The zero-order valence-corrected chi connectivity index (χ0v) is 18.6. The molecule has 0 bridgehead atoms. The number of amides is 1. The van der Waals surface area contributed by atoms with Gasteiger partial charge in [0.15, 0.2) is 5.65 Å². The van der Waals surface area contributed by atoms with E-state index in [0.29, 0.717) is 16.7 Å². The molecule has 0 spiro atoms. The molecule has 2 unspecified atom stereocenters. The lowest BCUT2D eigenvalue weighted by Gasteiger charge is -2.19. The van der Waals surface area contributed by atoms with Crippen molar-refractivity contribution in [1.82, 2.24) is 29.7 Å². The first-order chi connectivity index (χ1) is 16.1. The highest BCUT2D eigenvalue weighted by Crippen LogP contribution is 2.33. The molecule has 0 saturated carbocycles. The number of pyridine rings is 1. The largest absolute Gasteiger partial charge is 0.391 e. The summed E-state index contributed by atoms with van der Waals surface area (Å²) in [5.74, 6) is -0.347. The number of rotatable bonds is 7. The number of benzene rings is 1. The zero-order valence-electron chi connectivity index (χ0n) is 18.6. The van der Waals surface area contributed by atoms with Crippen LogP contribution in [-0.4, -0.2) is 42.5 Å². The Labute approximate surface area is 193 Å². The summed E-state index contributed by atoms with van der Waals surface area (Å²) in [6, 6.07) is 8.92. The van der Waals surface area contributed by atoms with E-state index in [1.165, 1.54) is 21.6 Å². The molecule has 0 radical (unpaired) electrons. The van der Waals surface area contributed by atoms with Crippen molar-refractivity contribution < 1.29 is 18.0 Å². The van der Waals surface area contributed by atoms with Crippen LogP contribution in [0.15, 0.2) is 55.0 Å². The van der Waals surface area contributed by atoms with Crippen molar-refractivity contribution in [2.75, 3.05) is 5.73 Å². The van der Waals surface area contributed by atoms with Gasteiger partial charge < -0.3 is 11.1 Å². The number of alkyl halides is 3. The van der Waals surface area contributed by atoms with E-state index < -0.39 is 18.6 Å². The number of hydrogen-bond acceptors (Lipinski definition) is 5. The number of carbonyl (C=O) groups is 1.